The Kier molecular flexibility index (Phi) is 5.35. The first-order chi connectivity index (χ1) is 12.1. The molecule has 0 radical (unpaired) electrons. The van der Waals surface area contributed by atoms with Gasteiger partial charge in [-0.25, -0.2) is 0 Å². The highest BCUT2D eigenvalue weighted by molar-refractivity contribution is 7.98. The lowest BCUT2D eigenvalue weighted by atomic mass is 10.2. The van der Waals surface area contributed by atoms with Crippen LogP contribution in [-0.4, -0.2) is 22.1 Å². The lowest BCUT2D eigenvalue weighted by Crippen LogP contribution is -2.07. The molecule has 0 aliphatic carbocycles. The Labute approximate surface area is 150 Å². The van der Waals surface area contributed by atoms with E-state index in [0.29, 0.717) is 17.5 Å². The predicted octanol–water partition coefficient (Wildman–Crippen LogP) is 3.81. The smallest absolute Gasteiger partial charge is 0.232 e. The summed E-state index contributed by atoms with van der Waals surface area (Å²) >= 11 is 1.63. The van der Waals surface area contributed by atoms with Gasteiger partial charge in [-0.05, 0) is 42.8 Å². The number of anilines is 3. The molecule has 128 valence electrons. The van der Waals surface area contributed by atoms with Gasteiger partial charge in [0.15, 0.2) is 0 Å². The van der Waals surface area contributed by atoms with Crippen LogP contribution in [0, 0.1) is 6.92 Å². The summed E-state index contributed by atoms with van der Waals surface area (Å²) in [6, 6.07) is 15.8. The maximum Gasteiger partial charge on any atom is 0.232 e. The van der Waals surface area contributed by atoms with Gasteiger partial charge in [-0.1, -0.05) is 18.2 Å². The Morgan fingerprint density at radius 3 is 2.52 bits per heavy atom. The van der Waals surface area contributed by atoms with Crippen molar-refractivity contribution in [2.24, 2.45) is 0 Å². The van der Waals surface area contributed by atoms with Crippen molar-refractivity contribution < 1.29 is 4.74 Å². The van der Waals surface area contributed by atoms with Crippen LogP contribution in [0.2, 0.25) is 0 Å². The predicted molar refractivity (Wildman–Crippen MR) is 101 cm³/mol. The Balaban J connectivity index is 1.71. The first-order valence-electron chi connectivity index (χ1n) is 7.74. The third-order valence-electron chi connectivity index (χ3n) is 3.52. The third-order valence-corrected chi connectivity index (χ3v) is 4.53. The number of nitrogens with zero attached hydrogens (tertiary/aromatic N) is 3. The average molecular weight is 353 g/mol. The number of nitrogen functional groups attached to an aromatic ring is 1. The second kappa shape index (κ2) is 7.85. The van der Waals surface area contributed by atoms with E-state index < -0.39 is 0 Å². The van der Waals surface area contributed by atoms with Crippen LogP contribution in [0.15, 0.2) is 53.4 Å². The minimum Gasteiger partial charge on any atom is -0.497 e. The first-order valence-corrected chi connectivity index (χ1v) is 8.72. The minimum absolute atomic E-state index is 0.205. The molecule has 0 unspecified atom stereocenters. The SMILES string of the molecule is COc1ccc(SCc2nc(N)nc(Nc3ccccc3C)n2)cc1. The van der Waals surface area contributed by atoms with E-state index in [1.807, 2.05) is 55.5 Å². The van der Waals surface area contributed by atoms with Gasteiger partial charge in [-0.3, -0.25) is 0 Å². The van der Waals surface area contributed by atoms with Gasteiger partial charge in [-0.15, -0.1) is 11.8 Å². The summed E-state index contributed by atoms with van der Waals surface area (Å²) in [5, 5.41) is 3.20. The number of hydrogen-bond donors (Lipinski definition) is 2. The molecule has 0 fully saturated rings. The molecule has 0 saturated heterocycles. The molecule has 0 aliphatic heterocycles. The zero-order valence-corrected chi connectivity index (χ0v) is 14.9. The molecule has 3 rings (SSSR count). The van der Waals surface area contributed by atoms with Gasteiger partial charge in [0.05, 0.1) is 12.9 Å². The van der Waals surface area contributed by atoms with Crippen molar-refractivity contribution in [1.29, 1.82) is 0 Å². The van der Waals surface area contributed by atoms with Crippen molar-refractivity contribution in [2.75, 3.05) is 18.2 Å². The highest BCUT2D eigenvalue weighted by Gasteiger charge is 2.07. The maximum atomic E-state index is 5.83. The van der Waals surface area contributed by atoms with Crippen molar-refractivity contribution in [3.05, 3.63) is 59.9 Å². The van der Waals surface area contributed by atoms with E-state index >= 15 is 0 Å². The molecule has 6 nitrogen and oxygen atoms in total. The number of aryl methyl sites for hydroxylation is 1. The molecule has 0 amide bonds. The lowest BCUT2D eigenvalue weighted by Gasteiger charge is -2.09. The number of ether oxygens (including phenoxy) is 1. The summed E-state index contributed by atoms with van der Waals surface area (Å²) in [5.74, 6) is 2.72. The van der Waals surface area contributed by atoms with E-state index in [4.69, 9.17) is 10.5 Å². The number of hydrogen-bond acceptors (Lipinski definition) is 7. The molecular weight excluding hydrogens is 334 g/mol. The third kappa shape index (κ3) is 4.60. The van der Waals surface area contributed by atoms with Gasteiger partial charge in [0.1, 0.15) is 11.6 Å². The van der Waals surface area contributed by atoms with E-state index in [1.54, 1.807) is 18.9 Å². The van der Waals surface area contributed by atoms with Gasteiger partial charge < -0.3 is 15.8 Å². The van der Waals surface area contributed by atoms with Gasteiger partial charge in [0, 0.05) is 10.6 Å². The van der Waals surface area contributed by atoms with Crippen LogP contribution in [0.5, 0.6) is 5.75 Å². The number of para-hydroxylation sites is 1. The highest BCUT2D eigenvalue weighted by Crippen LogP contribution is 2.24. The zero-order valence-electron chi connectivity index (χ0n) is 14.1. The van der Waals surface area contributed by atoms with Crippen molar-refractivity contribution in [3.8, 4) is 5.75 Å². The Morgan fingerprint density at radius 2 is 1.80 bits per heavy atom. The lowest BCUT2D eigenvalue weighted by molar-refractivity contribution is 0.414. The second-order valence-electron chi connectivity index (χ2n) is 5.34. The molecule has 25 heavy (non-hydrogen) atoms. The van der Waals surface area contributed by atoms with Crippen molar-refractivity contribution in [3.63, 3.8) is 0 Å². The van der Waals surface area contributed by atoms with Crippen molar-refractivity contribution in [1.82, 2.24) is 15.0 Å². The monoisotopic (exact) mass is 353 g/mol. The molecule has 0 aliphatic rings. The fourth-order valence-electron chi connectivity index (χ4n) is 2.21. The quantitative estimate of drug-likeness (QED) is 0.652. The van der Waals surface area contributed by atoms with E-state index in [1.165, 1.54) is 0 Å². The standard InChI is InChI=1S/C18H19N5OS/c1-12-5-3-4-6-15(12)20-18-22-16(21-17(19)23-18)11-25-14-9-7-13(24-2)8-10-14/h3-10H,11H2,1-2H3,(H3,19,20,21,22,23). The minimum atomic E-state index is 0.205. The second-order valence-corrected chi connectivity index (χ2v) is 6.39. The Bertz CT molecular complexity index is 854. The average Bonchev–Trinajstić information content (AvgIpc) is 2.62. The van der Waals surface area contributed by atoms with Gasteiger partial charge in [0.25, 0.3) is 0 Å². The summed E-state index contributed by atoms with van der Waals surface area (Å²) in [6.45, 7) is 2.02. The summed E-state index contributed by atoms with van der Waals surface area (Å²) in [4.78, 5) is 13.9. The zero-order chi connectivity index (χ0) is 17.6. The van der Waals surface area contributed by atoms with Crippen LogP contribution >= 0.6 is 11.8 Å². The molecule has 0 spiro atoms. The fourth-order valence-corrected chi connectivity index (χ4v) is 2.97. The topological polar surface area (TPSA) is 86.0 Å². The normalized spacial score (nSPS) is 10.5. The fraction of sp³-hybridized carbons (Fsp3) is 0.167. The molecule has 3 aromatic rings. The number of nitrogens with two attached hydrogens (primary N) is 1. The number of aromatic nitrogens is 3. The molecule has 1 heterocycles. The van der Waals surface area contributed by atoms with Crippen molar-refractivity contribution in [2.45, 2.75) is 17.6 Å². The van der Waals surface area contributed by atoms with Crippen LogP contribution in [0.4, 0.5) is 17.6 Å². The number of rotatable bonds is 6. The van der Waals surface area contributed by atoms with E-state index in [9.17, 15) is 0 Å². The van der Waals surface area contributed by atoms with Crippen molar-refractivity contribution >= 4 is 29.3 Å². The summed E-state index contributed by atoms with van der Waals surface area (Å²) in [6.07, 6.45) is 0. The van der Waals surface area contributed by atoms with Crippen LogP contribution < -0.4 is 15.8 Å². The van der Waals surface area contributed by atoms with Crippen LogP contribution in [0.1, 0.15) is 11.4 Å². The molecule has 0 bridgehead atoms. The largest absolute Gasteiger partial charge is 0.497 e. The van der Waals surface area contributed by atoms with Crippen LogP contribution in [-0.2, 0) is 5.75 Å². The number of benzene rings is 2. The molecule has 0 atom stereocenters. The molecular formula is C18H19N5OS. The van der Waals surface area contributed by atoms with E-state index in [-0.39, 0.29) is 5.95 Å². The first kappa shape index (κ1) is 17.0. The Hall–Kier alpha value is -2.80. The highest BCUT2D eigenvalue weighted by atomic mass is 32.2. The molecule has 7 heteroatoms. The van der Waals surface area contributed by atoms with Gasteiger partial charge >= 0.3 is 0 Å². The summed E-state index contributed by atoms with van der Waals surface area (Å²) in [7, 11) is 1.65. The number of methoxy groups -OCH3 is 1. The van der Waals surface area contributed by atoms with E-state index in [2.05, 4.69) is 20.3 Å². The molecule has 1 aromatic heterocycles. The van der Waals surface area contributed by atoms with Gasteiger partial charge in [0.2, 0.25) is 11.9 Å². The number of thioether (sulfide) groups is 1. The van der Waals surface area contributed by atoms with Gasteiger partial charge in [-0.2, -0.15) is 15.0 Å². The molecule has 3 N–H and O–H groups in total. The van der Waals surface area contributed by atoms with Crippen LogP contribution in [0.3, 0.4) is 0 Å². The summed E-state index contributed by atoms with van der Waals surface area (Å²) in [5.41, 5.74) is 7.88. The summed E-state index contributed by atoms with van der Waals surface area (Å²) < 4.78 is 5.16. The maximum absolute atomic E-state index is 5.83. The van der Waals surface area contributed by atoms with Crippen LogP contribution in [0.25, 0.3) is 0 Å². The number of nitrogens with one attached hydrogen (secondary N) is 1. The molecule has 0 saturated carbocycles. The van der Waals surface area contributed by atoms with E-state index in [0.717, 1.165) is 21.9 Å². The Morgan fingerprint density at radius 1 is 1.04 bits per heavy atom. The molecule has 2 aromatic carbocycles.